The Balaban J connectivity index is 2.23. The first-order valence-corrected chi connectivity index (χ1v) is 6.39. The molecule has 0 amide bonds. The van der Waals surface area contributed by atoms with Gasteiger partial charge in [-0.05, 0) is 37.4 Å². The van der Waals surface area contributed by atoms with E-state index in [0.29, 0.717) is 10.8 Å². The molecule has 1 aromatic heterocycles. The van der Waals surface area contributed by atoms with Gasteiger partial charge in [0, 0.05) is 18.3 Å². The summed E-state index contributed by atoms with van der Waals surface area (Å²) in [5.41, 5.74) is -0.108. The van der Waals surface area contributed by atoms with E-state index in [2.05, 4.69) is 16.5 Å². The predicted octanol–water partition coefficient (Wildman–Crippen LogP) is 3.05. The van der Waals surface area contributed by atoms with E-state index in [0.717, 1.165) is 5.92 Å². The van der Waals surface area contributed by atoms with Gasteiger partial charge in [0.2, 0.25) is 0 Å². The maximum atomic E-state index is 11.1. The summed E-state index contributed by atoms with van der Waals surface area (Å²) < 4.78 is 2.61. The first-order valence-electron chi connectivity index (χ1n) is 5.98. The lowest BCUT2D eigenvalue weighted by Crippen LogP contribution is -2.15. The second kappa shape index (κ2) is 4.95. The second-order valence-corrected chi connectivity index (χ2v) is 5.17. The lowest BCUT2D eigenvalue weighted by molar-refractivity contribution is 0.422. The summed E-state index contributed by atoms with van der Waals surface area (Å²) in [4.78, 5) is 13.8. The fourth-order valence-electron chi connectivity index (χ4n) is 2.46. The van der Waals surface area contributed by atoms with Crippen LogP contribution in [0.3, 0.4) is 0 Å². The monoisotopic (exact) mass is 238 g/mol. The SMILES string of the molecule is CC1CCCC(n2ccc(=O)[nH]c2=S)CC1. The number of rotatable bonds is 1. The predicted molar refractivity (Wildman–Crippen MR) is 67.2 cm³/mol. The summed E-state index contributed by atoms with van der Waals surface area (Å²) >= 11 is 5.20. The third-order valence-corrected chi connectivity index (χ3v) is 3.78. The Morgan fingerprint density at radius 1 is 1.38 bits per heavy atom. The van der Waals surface area contributed by atoms with E-state index >= 15 is 0 Å². The van der Waals surface area contributed by atoms with Crippen molar-refractivity contribution in [2.45, 2.75) is 45.1 Å². The van der Waals surface area contributed by atoms with Crippen LogP contribution in [0.15, 0.2) is 17.1 Å². The summed E-state index contributed by atoms with van der Waals surface area (Å²) in [6, 6.07) is 2.03. The Labute approximate surface area is 101 Å². The minimum Gasteiger partial charge on any atom is -0.322 e. The largest absolute Gasteiger partial charge is 0.322 e. The van der Waals surface area contributed by atoms with Crippen LogP contribution in [0, 0.1) is 10.7 Å². The molecular formula is C12H18N2OS. The van der Waals surface area contributed by atoms with Gasteiger partial charge in [0.15, 0.2) is 4.77 Å². The molecule has 2 atom stereocenters. The number of hydrogen-bond donors (Lipinski definition) is 1. The van der Waals surface area contributed by atoms with Crippen molar-refractivity contribution >= 4 is 12.2 Å². The third-order valence-electron chi connectivity index (χ3n) is 3.47. The number of hydrogen-bond acceptors (Lipinski definition) is 2. The van der Waals surface area contributed by atoms with Crippen molar-refractivity contribution in [3.05, 3.63) is 27.4 Å². The first kappa shape index (κ1) is 11.6. The number of H-pyrrole nitrogens is 1. The fourth-order valence-corrected chi connectivity index (χ4v) is 2.77. The zero-order valence-corrected chi connectivity index (χ0v) is 10.4. The Morgan fingerprint density at radius 2 is 2.19 bits per heavy atom. The van der Waals surface area contributed by atoms with Gasteiger partial charge in [0.05, 0.1) is 0 Å². The standard InChI is InChI=1S/C12H18N2OS/c1-9-3-2-4-10(6-5-9)14-8-7-11(15)13-12(14)16/h7-10H,2-6H2,1H3,(H,13,15,16). The average Bonchev–Trinajstić information content (AvgIpc) is 2.43. The summed E-state index contributed by atoms with van der Waals surface area (Å²) in [7, 11) is 0. The third kappa shape index (κ3) is 2.61. The van der Waals surface area contributed by atoms with E-state index in [4.69, 9.17) is 12.2 Å². The number of aromatic amines is 1. The van der Waals surface area contributed by atoms with Crippen LogP contribution in [0.1, 0.15) is 45.1 Å². The molecule has 1 saturated carbocycles. The maximum Gasteiger partial charge on any atom is 0.251 e. The summed E-state index contributed by atoms with van der Waals surface area (Å²) in [5.74, 6) is 0.821. The molecule has 4 heteroatoms. The van der Waals surface area contributed by atoms with E-state index in [1.54, 1.807) is 6.07 Å². The molecule has 0 aromatic carbocycles. The van der Waals surface area contributed by atoms with Gasteiger partial charge in [-0.2, -0.15) is 0 Å². The summed E-state index contributed by atoms with van der Waals surface area (Å²) in [6.45, 7) is 2.31. The van der Waals surface area contributed by atoms with Crippen LogP contribution in [0.2, 0.25) is 0 Å². The highest BCUT2D eigenvalue weighted by Crippen LogP contribution is 2.29. The van der Waals surface area contributed by atoms with Gasteiger partial charge in [-0.3, -0.25) is 9.78 Å². The maximum absolute atomic E-state index is 11.1. The van der Waals surface area contributed by atoms with E-state index < -0.39 is 0 Å². The topological polar surface area (TPSA) is 37.8 Å². The molecular weight excluding hydrogens is 220 g/mol. The molecule has 88 valence electrons. The Bertz CT molecular complexity index is 463. The van der Waals surface area contributed by atoms with Crippen molar-refractivity contribution in [1.29, 1.82) is 0 Å². The highest BCUT2D eigenvalue weighted by molar-refractivity contribution is 7.71. The van der Waals surface area contributed by atoms with E-state index in [1.807, 2.05) is 6.20 Å². The molecule has 3 nitrogen and oxygen atoms in total. The second-order valence-electron chi connectivity index (χ2n) is 4.78. The van der Waals surface area contributed by atoms with Crippen LogP contribution in [0.5, 0.6) is 0 Å². The number of nitrogens with one attached hydrogen (secondary N) is 1. The lowest BCUT2D eigenvalue weighted by atomic mass is 10.0. The fraction of sp³-hybridized carbons (Fsp3) is 0.667. The highest BCUT2D eigenvalue weighted by Gasteiger charge is 2.17. The highest BCUT2D eigenvalue weighted by atomic mass is 32.1. The quantitative estimate of drug-likeness (QED) is 0.603. The molecule has 0 radical (unpaired) electrons. The molecule has 2 rings (SSSR count). The van der Waals surface area contributed by atoms with E-state index in [1.165, 1.54) is 32.1 Å². The molecule has 0 bridgehead atoms. The van der Waals surface area contributed by atoms with Crippen molar-refractivity contribution in [3.8, 4) is 0 Å². The van der Waals surface area contributed by atoms with Crippen molar-refractivity contribution < 1.29 is 0 Å². The van der Waals surface area contributed by atoms with Gasteiger partial charge in [0.1, 0.15) is 0 Å². The average molecular weight is 238 g/mol. The molecule has 1 heterocycles. The summed E-state index contributed by atoms with van der Waals surface area (Å²) in [6.07, 6.45) is 8.00. The zero-order valence-electron chi connectivity index (χ0n) is 9.61. The van der Waals surface area contributed by atoms with Gasteiger partial charge in [-0.1, -0.05) is 19.8 Å². The smallest absolute Gasteiger partial charge is 0.251 e. The van der Waals surface area contributed by atoms with Gasteiger partial charge in [-0.15, -0.1) is 0 Å². The molecule has 2 unspecified atom stereocenters. The van der Waals surface area contributed by atoms with Crippen LogP contribution in [0.4, 0.5) is 0 Å². The van der Waals surface area contributed by atoms with Gasteiger partial charge >= 0.3 is 0 Å². The molecule has 16 heavy (non-hydrogen) atoms. The van der Waals surface area contributed by atoms with Crippen molar-refractivity contribution in [2.24, 2.45) is 5.92 Å². The van der Waals surface area contributed by atoms with Gasteiger partial charge in [-0.25, -0.2) is 0 Å². The molecule has 1 fully saturated rings. The minimum absolute atomic E-state index is 0.108. The molecule has 1 aliphatic carbocycles. The molecule has 1 aromatic rings. The van der Waals surface area contributed by atoms with E-state index in [9.17, 15) is 4.79 Å². The lowest BCUT2D eigenvalue weighted by Gasteiger charge is -2.18. The Kier molecular flexibility index (Phi) is 3.59. The minimum atomic E-state index is -0.108. The van der Waals surface area contributed by atoms with Crippen LogP contribution in [-0.2, 0) is 0 Å². The van der Waals surface area contributed by atoms with Gasteiger partial charge < -0.3 is 4.57 Å². The molecule has 0 spiro atoms. The molecule has 1 aliphatic rings. The van der Waals surface area contributed by atoms with Crippen LogP contribution in [-0.4, -0.2) is 9.55 Å². The Morgan fingerprint density at radius 3 is 2.94 bits per heavy atom. The van der Waals surface area contributed by atoms with E-state index in [-0.39, 0.29) is 5.56 Å². The van der Waals surface area contributed by atoms with Crippen molar-refractivity contribution in [1.82, 2.24) is 9.55 Å². The molecule has 0 saturated heterocycles. The summed E-state index contributed by atoms with van der Waals surface area (Å²) in [5, 5.41) is 0. The zero-order chi connectivity index (χ0) is 11.5. The van der Waals surface area contributed by atoms with Crippen LogP contribution in [0.25, 0.3) is 0 Å². The normalized spacial score (nSPS) is 26.3. The Hall–Kier alpha value is -0.900. The van der Waals surface area contributed by atoms with Crippen molar-refractivity contribution in [2.75, 3.05) is 0 Å². The van der Waals surface area contributed by atoms with Crippen LogP contribution >= 0.6 is 12.2 Å². The first-order chi connectivity index (χ1) is 7.66. The van der Waals surface area contributed by atoms with Crippen molar-refractivity contribution in [3.63, 3.8) is 0 Å². The number of aromatic nitrogens is 2. The van der Waals surface area contributed by atoms with Gasteiger partial charge in [0.25, 0.3) is 5.56 Å². The molecule has 0 aliphatic heterocycles. The number of nitrogens with zero attached hydrogens (tertiary/aromatic N) is 1. The van der Waals surface area contributed by atoms with Crippen LogP contribution < -0.4 is 5.56 Å². The molecule has 1 N–H and O–H groups in total.